The van der Waals surface area contributed by atoms with E-state index in [1.807, 2.05) is 17.7 Å². The summed E-state index contributed by atoms with van der Waals surface area (Å²) in [5.74, 6) is -0.965. The smallest absolute Gasteiger partial charge is 0.275 e. The molecule has 146 valence electrons. The van der Waals surface area contributed by atoms with Crippen molar-refractivity contribution in [2.75, 3.05) is 5.32 Å². The first-order valence-electron chi connectivity index (χ1n) is 8.71. The molecule has 4 rings (SSSR count). The van der Waals surface area contributed by atoms with Gasteiger partial charge in [-0.15, -0.1) is 0 Å². The summed E-state index contributed by atoms with van der Waals surface area (Å²) in [4.78, 5) is 29.9. The minimum atomic E-state index is -0.484. The SMILES string of the molecule is Cn1ccnc1Sc1ccc(F)cc1NC(=O)Cn1ncc2ccccc2c1=O. The van der Waals surface area contributed by atoms with Gasteiger partial charge in [0.15, 0.2) is 5.16 Å². The molecular weight excluding hydrogens is 393 g/mol. The van der Waals surface area contributed by atoms with Gasteiger partial charge in [0.05, 0.1) is 17.3 Å². The number of aryl methyl sites for hydroxylation is 1. The van der Waals surface area contributed by atoms with E-state index in [1.54, 1.807) is 36.7 Å². The van der Waals surface area contributed by atoms with Crippen LogP contribution in [0.25, 0.3) is 10.8 Å². The Labute approximate surface area is 169 Å². The lowest BCUT2D eigenvalue weighted by Crippen LogP contribution is -2.29. The number of amides is 1. The van der Waals surface area contributed by atoms with Crippen LogP contribution in [0.15, 0.2) is 75.9 Å². The third-order valence-corrected chi connectivity index (χ3v) is 5.40. The number of anilines is 1. The predicted octanol–water partition coefficient (Wildman–Crippen LogP) is 3.06. The molecule has 2 aromatic carbocycles. The molecule has 2 aromatic heterocycles. The van der Waals surface area contributed by atoms with Crippen LogP contribution >= 0.6 is 11.8 Å². The average molecular weight is 409 g/mol. The number of fused-ring (bicyclic) bond motifs is 1. The largest absolute Gasteiger partial charge is 0.329 e. The fraction of sp³-hybridized carbons (Fsp3) is 0.100. The van der Waals surface area contributed by atoms with Gasteiger partial charge in [-0.2, -0.15) is 5.10 Å². The lowest BCUT2D eigenvalue weighted by Gasteiger charge is -2.12. The Morgan fingerprint density at radius 2 is 2.07 bits per heavy atom. The van der Waals surface area contributed by atoms with Crippen LogP contribution in [0.3, 0.4) is 0 Å². The van der Waals surface area contributed by atoms with Gasteiger partial charge in [-0.1, -0.05) is 18.2 Å². The molecule has 9 heteroatoms. The molecule has 0 bridgehead atoms. The summed E-state index contributed by atoms with van der Waals surface area (Å²) in [6.45, 7) is -0.285. The summed E-state index contributed by atoms with van der Waals surface area (Å²) in [5.41, 5.74) is -0.0584. The van der Waals surface area contributed by atoms with Crippen molar-refractivity contribution in [3.8, 4) is 0 Å². The Hall–Kier alpha value is -3.46. The first-order chi connectivity index (χ1) is 14.0. The molecule has 2 heterocycles. The minimum Gasteiger partial charge on any atom is -0.329 e. The van der Waals surface area contributed by atoms with Gasteiger partial charge in [0.25, 0.3) is 5.56 Å². The molecule has 7 nitrogen and oxygen atoms in total. The number of halogens is 1. The minimum absolute atomic E-state index is 0.285. The number of carbonyl (C=O) groups excluding carboxylic acids is 1. The van der Waals surface area contributed by atoms with Crippen LogP contribution in [0, 0.1) is 5.82 Å². The summed E-state index contributed by atoms with van der Waals surface area (Å²) in [5, 5.41) is 8.60. The van der Waals surface area contributed by atoms with Gasteiger partial charge in [-0.3, -0.25) is 9.59 Å². The summed E-state index contributed by atoms with van der Waals surface area (Å²) in [6.07, 6.45) is 4.98. The molecule has 0 aliphatic rings. The molecule has 29 heavy (non-hydrogen) atoms. The van der Waals surface area contributed by atoms with Crippen molar-refractivity contribution >= 4 is 34.1 Å². The Morgan fingerprint density at radius 1 is 1.24 bits per heavy atom. The van der Waals surface area contributed by atoms with Gasteiger partial charge in [-0.05, 0) is 36.0 Å². The standard InChI is InChI=1S/C20H16FN5O2S/c1-25-9-8-22-20(25)29-17-7-6-14(21)10-16(17)24-18(27)12-26-19(28)15-5-3-2-4-13(15)11-23-26/h2-11H,12H2,1H3,(H,24,27). The topological polar surface area (TPSA) is 81.8 Å². The monoisotopic (exact) mass is 409 g/mol. The molecular formula is C20H16FN5O2S. The van der Waals surface area contributed by atoms with Crippen LogP contribution in [-0.2, 0) is 18.4 Å². The second kappa shape index (κ2) is 7.88. The quantitative estimate of drug-likeness (QED) is 0.548. The highest BCUT2D eigenvalue weighted by molar-refractivity contribution is 7.99. The number of nitrogens with one attached hydrogen (secondary N) is 1. The van der Waals surface area contributed by atoms with E-state index in [-0.39, 0.29) is 12.1 Å². The van der Waals surface area contributed by atoms with Gasteiger partial charge in [0, 0.05) is 29.7 Å². The molecule has 0 saturated heterocycles. The number of rotatable bonds is 5. The van der Waals surface area contributed by atoms with Gasteiger partial charge in [-0.25, -0.2) is 14.1 Å². The van der Waals surface area contributed by atoms with Crippen molar-refractivity contribution in [2.45, 2.75) is 16.6 Å². The Bertz CT molecular complexity index is 1270. The predicted molar refractivity (Wildman–Crippen MR) is 108 cm³/mol. The molecule has 1 N–H and O–H groups in total. The zero-order valence-electron chi connectivity index (χ0n) is 15.4. The number of benzene rings is 2. The van der Waals surface area contributed by atoms with E-state index >= 15 is 0 Å². The van der Waals surface area contributed by atoms with E-state index in [1.165, 1.54) is 30.1 Å². The number of hydrogen-bond acceptors (Lipinski definition) is 5. The van der Waals surface area contributed by atoms with Gasteiger partial charge >= 0.3 is 0 Å². The first kappa shape index (κ1) is 18.9. The highest BCUT2D eigenvalue weighted by Gasteiger charge is 2.14. The highest BCUT2D eigenvalue weighted by Crippen LogP contribution is 2.32. The zero-order valence-corrected chi connectivity index (χ0v) is 16.2. The Morgan fingerprint density at radius 3 is 2.86 bits per heavy atom. The fourth-order valence-corrected chi connectivity index (χ4v) is 3.67. The van der Waals surface area contributed by atoms with E-state index < -0.39 is 11.7 Å². The van der Waals surface area contributed by atoms with Gasteiger partial charge in [0.2, 0.25) is 5.91 Å². The van der Waals surface area contributed by atoms with Gasteiger partial charge < -0.3 is 9.88 Å². The fourth-order valence-electron chi connectivity index (χ4n) is 2.80. The summed E-state index contributed by atoms with van der Waals surface area (Å²) >= 11 is 1.30. The summed E-state index contributed by atoms with van der Waals surface area (Å²) in [7, 11) is 1.84. The van der Waals surface area contributed by atoms with E-state index in [0.717, 1.165) is 4.68 Å². The number of aromatic nitrogens is 4. The molecule has 0 saturated carbocycles. The highest BCUT2D eigenvalue weighted by atomic mass is 32.2. The molecule has 0 spiro atoms. The first-order valence-corrected chi connectivity index (χ1v) is 9.52. The van der Waals surface area contributed by atoms with E-state index in [2.05, 4.69) is 15.4 Å². The van der Waals surface area contributed by atoms with Crippen molar-refractivity contribution in [2.24, 2.45) is 7.05 Å². The number of nitrogens with zero attached hydrogens (tertiary/aromatic N) is 4. The molecule has 0 radical (unpaired) electrons. The maximum atomic E-state index is 13.8. The van der Waals surface area contributed by atoms with Crippen molar-refractivity contribution < 1.29 is 9.18 Å². The van der Waals surface area contributed by atoms with Crippen LogP contribution in [0.2, 0.25) is 0 Å². The molecule has 1 amide bonds. The maximum absolute atomic E-state index is 13.8. The number of carbonyl (C=O) groups is 1. The summed E-state index contributed by atoms with van der Waals surface area (Å²) in [6, 6.07) is 11.2. The van der Waals surface area contributed by atoms with Crippen molar-refractivity contribution in [1.82, 2.24) is 19.3 Å². The normalized spacial score (nSPS) is 11.0. The van der Waals surface area contributed by atoms with Gasteiger partial charge in [0.1, 0.15) is 12.4 Å². The molecule has 0 atom stereocenters. The number of hydrogen-bond donors (Lipinski definition) is 1. The lowest BCUT2D eigenvalue weighted by molar-refractivity contribution is -0.117. The van der Waals surface area contributed by atoms with Crippen LogP contribution < -0.4 is 10.9 Å². The lowest BCUT2D eigenvalue weighted by atomic mass is 10.2. The van der Waals surface area contributed by atoms with E-state index in [4.69, 9.17) is 0 Å². The van der Waals surface area contributed by atoms with Crippen LogP contribution in [-0.4, -0.2) is 25.2 Å². The number of imidazole rings is 1. The third kappa shape index (κ3) is 4.04. The van der Waals surface area contributed by atoms with Crippen LogP contribution in [0.1, 0.15) is 0 Å². The van der Waals surface area contributed by atoms with Crippen LogP contribution in [0.5, 0.6) is 0 Å². The Balaban J connectivity index is 1.57. The van der Waals surface area contributed by atoms with E-state index in [9.17, 15) is 14.0 Å². The van der Waals surface area contributed by atoms with Crippen molar-refractivity contribution in [3.05, 3.63) is 77.2 Å². The second-order valence-corrected chi connectivity index (χ2v) is 7.32. The second-order valence-electron chi connectivity index (χ2n) is 6.31. The van der Waals surface area contributed by atoms with Crippen molar-refractivity contribution in [1.29, 1.82) is 0 Å². The molecule has 0 aliphatic heterocycles. The average Bonchev–Trinajstić information content (AvgIpc) is 3.11. The van der Waals surface area contributed by atoms with Crippen LogP contribution in [0.4, 0.5) is 10.1 Å². The van der Waals surface area contributed by atoms with E-state index in [0.29, 0.717) is 26.5 Å². The molecule has 0 unspecified atom stereocenters. The molecule has 0 fully saturated rings. The summed E-state index contributed by atoms with van der Waals surface area (Å²) < 4.78 is 16.7. The Kier molecular flexibility index (Phi) is 5.13. The third-order valence-electron chi connectivity index (χ3n) is 4.25. The molecule has 0 aliphatic carbocycles. The molecule has 4 aromatic rings. The maximum Gasteiger partial charge on any atom is 0.275 e. The van der Waals surface area contributed by atoms with Crippen molar-refractivity contribution in [3.63, 3.8) is 0 Å². The zero-order chi connectivity index (χ0) is 20.4.